The minimum absolute atomic E-state index is 0.857. The first-order valence-electron chi connectivity index (χ1n) is 29.3. The first kappa shape index (κ1) is 77.9. The summed E-state index contributed by atoms with van der Waals surface area (Å²) in [5.74, 6) is -3.53. The number of aliphatic hydroxyl groups excluding tert-OH is 18. The highest BCUT2D eigenvalue weighted by atomic mass is 32.3. The van der Waals surface area contributed by atoms with Gasteiger partial charge >= 0.3 is 10.4 Å². The normalized spacial score (nSPS) is 46.3. The van der Waals surface area contributed by atoms with Gasteiger partial charge in [-0.2, -0.15) is 8.42 Å². The minimum Gasteiger partial charge on any atom is -0.394 e. The number of carbonyl (C=O) groups is 4. The summed E-state index contributed by atoms with van der Waals surface area (Å²) in [6, 6.07) is -7.21. The highest BCUT2D eigenvalue weighted by Crippen LogP contribution is 2.37. The van der Waals surface area contributed by atoms with Gasteiger partial charge in [-0.25, -0.2) is 4.18 Å². The van der Waals surface area contributed by atoms with Crippen molar-refractivity contribution in [3.8, 4) is 0 Å². The number of nitrogens with one attached hydrogen (secondary N) is 4. The molecular formula is C50H84N4O39S. The summed E-state index contributed by atoms with van der Waals surface area (Å²) in [6.07, 6.45) is -61.2. The van der Waals surface area contributed by atoms with E-state index in [1.807, 2.05) is 0 Å². The Bertz CT molecular complexity index is 2580. The molecule has 0 aromatic heterocycles. The van der Waals surface area contributed by atoms with Gasteiger partial charge in [0.05, 0.1) is 46.2 Å². The van der Waals surface area contributed by atoms with E-state index in [1.54, 1.807) is 0 Å². The van der Waals surface area contributed by atoms with E-state index in [-0.39, 0.29) is 0 Å². The van der Waals surface area contributed by atoms with E-state index in [9.17, 15) is 120 Å². The van der Waals surface area contributed by atoms with Crippen molar-refractivity contribution in [2.24, 2.45) is 0 Å². The third-order valence-electron chi connectivity index (χ3n) is 16.3. The van der Waals surface area contributed by atoms with Crippen LogP contribution in [0.4, 0.5) is 0 Å². The molecule has 0 aromatic rings. The van der Waals surface area contributed by atoms with Crippen LogP contribution in [-0.2, 0) is 95.3 Å². The van der Waals surface area contributed by atoms with Crippen LogP contribution in [-0.4, -0.2) is 389 Å². The highest BCUT2D eigenvalue weighted by molar-refractivity contribution is 7.80. The van der Waals surface area contributed by atoms with Gasteiger partial charge in [0, 0.05) is 27.7 Å². The first-order chi connectivity index (χ1) is 44.2. The zero-order chi connectivity index (χ0) is 69.7. The third kappa shape index (κ3) is 18.1. The van der Waals surface area contributed by atoms with Crippen LogP contribution in [0.15, 0.2) is 0 Å². The van der Waals surface area contributed by atoms with Crippen LogP contribution < -0.4 is 21.3 Å². The van der Waals surface area contributed by atoms with E-state index in [2.05, 4.69) is 25.5 Å². The molecule has 0 saturated carbocycles. The Morgan fingerprint density at radius 3 is 1.13 bits per heavy atom. The van der Waals surface area contributed by atoms with Crippen LogP contribution in [0.2, 0.25) is 0 Å². The molecule has 7 fully saturated rings. The van der Waals surface area contributed by atoms with Gasteiger partial charge in [0.15, 0.2) is 44.0 Å². The zero-order valence-electron chi connectivity index (χ0n) is 50.2. The Labute approximate surface area is 532 Å². The van der Waals surface area contributed by atoms with Crippen LogP contribution >= 0.6 is 0 Å². The fraction of sp³-hybridized carbons (Fsp3) is 0.920. The van der Waals surface area contributed by atoms with Crippen molar-refractivity contribution < 1.29 is 190 Å². The quantitative estimate of drug-likeness (QED) is 0.0377. The summed E-state index contributed by atoms with van der Waals surface area (Å²) in [6.45, 7) is -3.36. The van der Waals surface area contributed by atoms with Crippen molar-refractivity contribution in [2.45, 2.75) is 242 Å². The Balaban J connectivity index is 1.08. The topological polar surface area (TPSA) is 664 Å². The van der Waals surface area contributed by atoms with Crippen LogP contribution in [0, 0.1) is 0 Å². The van der Waals surface area contributed by atoms with E-state index in [1.165, 1.54) is 0 Å². The van der Waals surface area contributed by atoms with Crippen molar-refractivity contribution in [1.82, 2.24) is 21.3 Å². The molecule has 94 heavy (non-hydrogen) atoms. The molecule has 44 heteroatoms. The van der Waals surface area contributed by atoms with Gasteiger partial charge in [-0.1, -0.05) is 0 Å². The van der Waals surface area contributed by atoms with E-state index in [0.29, 0.717) is 0 Å². The molecule has 0 spiro atoms. The molecule has 23 N–H and O–H groups in total. The van der Waals surface area contributed by atoms with Crippen molar-refractivity contribution >= 4 is 34.0 Å². The fourth-order valence-electron chi connectivity index (χ4n) is 11.7. The van der Waals surface area contributed by atoms with Gasteiger partial charge in [0.1, 0.15) is 171 Å². The van der Waals surface area contributed by atoms with E-state index in [4.69, 9.17) is 66.1 Å². The minimum atomic E-state index is -5.18. The average molecular weight is 1400 g/mol. The Kier molecular flexibility index (Phi) is 27.8. The summed E-state index contributed by atoms with van der Waals surface area (Å²) in [4.78, 5) is 50.7. The van der Waals surface area contributed by atoms with Crippen molar-refractivity contribution in [2.75, 3.05) is 46.2 Å². The van der Waals surface area contributed by atoms with Gasteiger partial charge in [-0.3, -0.25) is 23.7 Å². The molecule has 0 bridgehead atoms. The molecule has 1 unspecified atom stereocenters. The van der Waals surface area contributed by atoms with Crippen molar-refractivity contribution in [3.63, 3.8) is 0 Å². The Hall–Kier alpha value is -3.49. The van der Waals surface area contributed by atoms with Crippen molar-refractivity contribution in [1.29, 1.82) is 0 Å². The van der Waals surface area contributed by atoms with Crippen LogP contribution in [0.5, 0.6) is 0 Å². The van der Waals surface area contributed by atoms with Crippen LogP contribution in [0.3, 0.4) is 0 Å². The first-order valence-corrected chi connectivity index (χ1v) is 30.6. The molecule has 544 valence electrons. The molecule has 43 nitrogen and oxygen atoms in total. The predicted molar refractivity (Wildman–Crippen MR) is 289 cm³/mol. The molecule has 7 heterocycles. The molecule has 7 rings (SSSR count). The maximum atomic E-state index is 12.8. The third-order valence-corrected chi connectivity index (χ3v) is 16.8. The highest BCUT2D eigenvalue weighted by Gasteiger charge is 2.59. The van der Waals surface area contributed by atoms with Gasteiger partial charge in [-0.15, -0.1) is 0 Å². The lowest BCUT2D eigenvalue weighted by Crippen LogP contribution is -2.71. The van der Waals surface area contributed by atoms with Gasteiger partial charge in [-0.05, 0) is 0 Å². The Morgan fingerprint density at radius 1 is 0.330 bits per heavy atom. The number of hydrogen-bond donors (Lipinski definition) is 23. The molecule has 7 saturated heterocycles. The number of rotatable bonds is 25. The second-order valence-corrected chi connectivity index (χ2v) is 24.2. The second kappa shape index (κ2) is 33.6. The molecular weight excluding hydrogens is 1310 g/mol. The molecule has 35 atom stereocenters. The van der Waals surface area contributed by atoms with Crippen LogP contribution in [0.25, 0.3) is 0 Å². The largest absolute Gasteiger partial charge is 0.397 e. The summed E-state index contributed by atoms with van der Waals surface area (Å²) in [5.41, 5.74) is 0. The molecule has 0 radical (unpaired) electrons. The lowest BCUT2D eigenvalue weighted by molar-refractivity contribution is -0.378. The SMILES string of the molecule is CC(=O)N[C@H]1[C@H](O[C@H]2[C@@H](O)[C@@H](CO)O[C@@H](O[C@H]3[C@H](O)[C@@H](NC(C)=O)[C@H](OC[C@H]4OC(O)[C@H](NC(C)=O)[C@@H](O[C@@H]5O[C@H](CO)[C@@H](O)[C@H](O[C@@H]6O[C@H](COS(=O)(=O)O)[C@H](O)[C@H](O)[C@H]6O)[C@H]5NC(C)=O)[C@H]4O)O[C@@H]3CO)[C@@H]2O)O[C@H](CO)[C@@H](O[C@@H]2O[C@H](CO)[C@H](O)[C@H](O)[C@H]2O)[C@@H]1O. The van der Waals surface area contributed by atoms with E-state index in [0.717, 1.165) is 27.7 Å². The number of ether oxygens (including phenoxy) is 13. The smallest absolute Gasteiger partial charge is 0.394 e. The predicted octanol–water partition coefficient (Wildman–Crippen LogP) is -15.9. The van der Waals surface area contributed by atoms with Gasteiger partial charge in [0.2, 0.25) is 23.6 Å². The number of aliphatic hydroxyl groups is 18. The average Bonchev–Trinajstić information content (AvgIpc) is 0.779. The van der Waals surface area contributed by atoms with Crippen molar-refractivity contribution in [3.05, 3.63) is 0 Å². The summed E-state index contributed by atoms with van der Waals surface area (Å²) in [7, 11) is -5.18. The maximum Gasteiger partial charge on any atom is 0.397 e. The van der Waals surface area contributed by atoms with Gasteiger partial charge < -0.3 is 175 Å². The van der Waals surface area contributed by atoms with Crippen LogP contribution in [0.1, 0.15) is 27.7 Å². The maximum absolute atomic E-state index is 12.8. The Morgan fingerprint density at radius 2 is 0.649 bits per heavy atom. The van der Waals surface area contributed by atoms with Gasteiger partial charge in [0.25, 0.3) is 0 Å². The standard InChI is InChI=1S/C50H84N4O39S/c1-12(60)51-23-32(69)39(90-50-38(75)43(30(67)18(7-57)85-50)93-46-24(52-13(2)61)33(70)40(20(9-59)87-46)89-48-36(73)34(71)27(64)16(5-55)84-48)19(8-58)86-45(23)80-10-21-31(68)41(25(44(76)82-21)53-14(3)62)91-47-26(54-15(4)63)42(29(66)17(6-56)83-47)92-49-37(74)35(72)28(65)22(88-49)11-81-94(77,78)79/h16-50,55-59,64-76H,5-11H2,1-4H3,(H,51,60)(H,52,61)(H,53,62)(H,54,63)(H,77,78,79)/t16-,17-,18-,19-,20-,21-,22-,23-,24-,25-,26-,27+,28+,29-,30+,31+,32-,33-,34+,35+,36-,37-,38-,39-,40-,41-,42-,43+,44?,45-,46+,47+,48+,49+,50+/m1/s1. The summed E-state index contributed by atoms with van der Waals surface area (Å²) < 4.78 is 111. The van der Waals surface area contributed by atoms with E-state index < -0.39 is 295 Å². The fourth-order valence-corrected chi connectivity index (χ4v) is 12.0. The molecule has 7 aliphatic heterocycles. The lowest BCUT2D eigenvalue weighted by Gasteiger charge is -2.50. The number of carbonyl (C=O) groups excluding carboxylic acids is 4. The molecule has 0 aliphatic carbocycles. The summed E-state index contributed by atoms with van der Waals surface area (Å²) in [5, 5.41) is 206. The van der Waals surface area contributed by atoms with E-state index >= 15 is 0 Å². The monoisotopic (exact) mass is 1400 g/mol. The molecule has 0 aromatic carbocycles. The second-order valence-electron chi connectivity index (χ2n) is 23.1. The summed E-state index contributed by atoms with van der Waals surface area (Å²) >= 11 is 0. The number of hydrogen-bond acceptors (Lipinski definition) is 38. The lowest BCUT2D eigenvalue weighted by atomic mass is 9.93. The zero-order valence-corrected chi connectivity index (χ0v) is 51.0. The molecule has 7 aliphatic rings. The number of amides is 4. The molecule has 4 amide bonds.